The number of hydrogen-bond acceptors (Lipinski definition) is 5. The normalized spacial score (nSPS) is 15.6. The Morgan fingerprint density at radius 1 is 1.15 bits per heavy atom. The van der Waals surface area contributed by atoms with E-state index in [1.165, 1.54) is 6.07 Å². The maximum Gasteiger partial charge on any atom is 0.311 e. The molecule has 1 aliphatic rings. The Hall–Kier alpha value is -2.96. The first kappa shape index (κ1) is 17.8. The van der Waals surface area contributed by atoms with Crippen molar-refractivity contribution in [3.63, 3.8) is 0 Å². The third-order valence-corrected chi connectivity index (χ3v) is 4.74. The van der Waals surface area contributed by atoms with Crippen molar-refractivity contribution in [2.45, 2.75) is 19.3 Å². The topological polar surface area (TPSA) is 79.6 Å². The Balaban J connectivity index is 1.58. The molecule has 0 N–H and O–H groups in total. The van der Waals surface area contributed by atoms with Crippen molar-refractivity contribution < 1.29 is 9.72 Å². The van der Waals surface area contributed by atoms with Crippen LogP contribution in [0.15, 0.2) is 48.7 Å². The van der Waals surface area contributed by atoms with E-state index >= 15 is 0 Å². The van der Waals surface area contributed by atoms with E-state index < -0.39 is 4.92 Å². The van der Waals surface area contributed by atoms with E-state index in [2.05, 4.69) is 11.9 Å². The zero-order chi connectivity index (χ0) is 18.5. The largest absolute Gasteiger partial charge is 0.347 e. The lowest BCUT2D eigenvalue weighted by Gasteiger charge is -2.35. The Bertz CT molecular complexity index is 773. The van der Waals surface area contributed by atoms with Crippen molar-refractivity contribution in [2.75, 3.05) is 31.1 Å². The van der Waals surface area contributed by atoms with Gasteiger partial charge in [0.05, 0.1) is 4.92 Å². The Morgan fingerprint density at radius 3 is 2.50 bits per heavy atom. The first-order valence-corrected chi connectivity index (χ1v) is 8.73. The van der Waals surface area contributed by atoms with Gasteiger partial charge >= 0.3 is 5.69 Å². The van der Waals surface area contributed by atoms with Crippen LogP contribution in [0.3, 0.4) is 0 Å². The molecule has 1 fully saturated rings. The SMILES string of the molecule is CC(CC(=O)N1CCN(c2ncccc2[N+](=O)[O-])CC1)c1ccccc1. The minimum atomic E-state index is -0.415. The summed E-state index contributed by atoms with van der Waals surface area (Å²) < 4.78 is 0. The van der Waals surface area contributed by atoms with Crippen molar-refractivity contribution in [3.8, 4) is 0 Å². The van der Waals surface area contributed by atoms with Crippen LogP contribution in [0.2, 0.25) is 0 Å². The fourth-order valence-electron chi connectivity index (χ4n) is 3.23. The number of aromatic nitrogens is 1. The molecule has 0 aliphatic carbocycles. The molecule has 1 aromatic carbocycles. The molecule has 1 unspecified atom stereocenters. The van der Waals surface area contributed by atoms with Crippen LogP contribution < -0.4 is 4.90 Å². The van der Waals surface area contributed by atoms with Crippen molar-refractivity contribution in [2.24, 2.45) is 0 Å². The zero-order valence-electron chi connectivity index (χ0n) is 14.7. The molecule has 0 radical (unpaired) electrons. The van der Waals surface area contributed by atoms with Gasteiger partial charge in [0.2, 0.25) is 11.7 Å². The second kappa shape index (κ2) is 7.95. The van der Waals surface area contributed by atoms with E-state index in [4.69, 9.17) is 0 Å². The van der Waals surface area contributed by atoms with Crippen molar-refractivity contribution in [1.82, 2.24) is 9.88 Å². The molecule has 7 heteroatoms. The molecule has 136 valence electrons. The Morgan fingerprint density at radius 2 is 1.85 bits per heavy atom. The van der Waals surface area contributed by atoms with E-state index in [0.29, 0.717) is 38.4 Å². The summed E-state index contributed by atoms with van der Waals surface area (Å²) in [5.41, 5.74) is 1.16. The molecule has 2 aromatic rings. The van der Waals surface area contributed by atoms with Gasteiger partial charge in [-0.25, -0.2) is 4.98 Å². The number of benzene rings is 1. The van der Waals surface area contributed by atoms with Gasteiger partial charge in [-0.1, -0.05) is 37.3 Å². The highest BCUT2D eigenvalue weighted by molar-refractivity contribution is 5.77. The number of piperazine rings is 1. The second-order valence-electron chi connectivity index (χ2n) is 6.49. The average molecular weight is 354 g/mol. The molecule has 1 amide bonds. The van der Waals surface area contributed by atoms with Gasteiger partial charge in [0, 0.05) is 44.9 Å². The van der Waals surface area contributed by atoms with Gasteiger partial charge in [-0.3, -0.25) is 14.9 Å². The highest BCUT2D eigenvalue weighted by atomic mass is 16.6. The molecule has 1 atom stereocenters. The van der Waals surface area contributed by atoms with Gasteiger partial charge in [-0.15, -0.1) is 0 Å². The quantitative estimate of drug-likeness (QED) is 0.609. The van der Waals surface area contributed by atoms with Crippen LogP contribution in [0.25, 0.3) is 0 Å². The first-order chi connectivity index (χ1) is 12.6. The lowest BCUT2D eigenvalue weighted by molar-refractivity contribution is -0.384. The summed E-state index contributed by atoms with van der Waals surface area (Å²) >= 11 is 0. The monoisotopic (exact) mass is 354 g/mol. The van der Waals surface area contributed by atoms with E-state index in [-0.39, 0.29) is 17.5 Å². The fraction of sp³-hybridized carbons (Fsp3) is 0.368. The summed E-state index contributed by atoms with van der Waals surface area (Å²) in [7, 11) is 0. The van der Waals surface area contributed by atoms with Crippen LogP contribution in [0.4, 0.5) is 11.5 Å². The minimum absolute atomic E-state index is 0.00461. The van der Waals surface area contributed by atoms with E-state index in [1.807, 2.05) is 40.1 Å². The van der Waals surface area contributed by atoms with Crippen molar-refractivity contribution in [3.05, 3.63) is 64.3 Å². The molecule has 1 saturated heterocycles. The average Bonchev–Trinajstić information content (AvgIpc) is 2.68. The van der Waals surface area contributed by atoms with Crippen molar-refractivity contribution in [1.29, 1.82) is 0 Å². The van der Waals surface area contributed by atoms with Gasteiger partial charge in [-0.05, 0) is 17.5 Å². The first-order valence-electron chi connectivity index (χ1n) is 8.73. The number of hydrogen-bond donors (Lipinski definition) is 0. The Labute approximate surface area is 152 Å². The molecule has 2 heterocycles. The van der Waals surface area contributed by atoms with Crippen LogP contribution in [0, 0.1) is 10.1 Å². The molecule has 0 spiro atoms. The summed E-state index contributed by atoms with van der Waals surface area (Å²) in [6.07, 6.45) is 2.02. The second-order valence-corrected chi connectivity index (χ2v) is 6.49. The lowest BCUT2D eigenvalue weighted by Crippen LogP contribution is -2.49. The van der Waals surface area contributed by atoms with Crippen LogP contribution in [0.5, 0.6) is 0 Å². The number of nitrogens with zero attached hydrogens (tertiary/aromatic N) is 4. The molecule has 26 heavy (non-hydrogen) atoms. The van der Waals surface area contributed by atoms with Gasteiger partial charge in [0.25, 0.3) is 0 Å². The summed E-state index contributed by atoms with van der Waals surface area (Å²) in [5.74, 6) is 0.664. The maximum absolute atomic E-state index is 12.6. The summed E-state index contributed by atoms with van der Waals surface area (Å²) in [5, 5.41) is 11.2. The number of pyridine rings is 1. The molecular weight excluding hydrogens is 332 g/mol. The number of amides is 1. The highest BCUT2D eigenvalue weighted by Gasteiger charge is 2.27. The zero-order valence-corrected chi connectivity index (χ0v) is 14.7. The number of nitro groups is 1. The molecule has 1 aliphatic heterocycles. The predicted octanol–water partition coefficient (Wildman–Crippen LogP) is 2.83. The highest BCUT2D eigenvalue weighted by Crippen LogP contribution is 2.26. The van der Waals surface area contributed by atoms with E-state index in [9.17, 15) is 14.9 Å². The van der Waals surface area contributed by atoms with Crippen LogP contribution in [-0.2, 0) is 4.79 Å². The van der Waals surface area contributed by atoms with Crippen LogP contribution in [0.1, 0.15) is 24.8 Å². The predicted molar refractivity (Wildman–Crippen MR) is 99.2 cm³/mol. The molecule has 7 nitrogen and oxygen atoms in total. The van der Waals surface area contributed by atoms with Crippen LogP contribution >= 0.6 is 0 Å². The lowest BCUT2D eigenvalue weighted by atomic mass is 9.97. The molecule has 1 aromatic heterocycles. The van der Waals surface area contributed by atoms with E-state index in [0.717, 1.165) is 5.56 Å². The molecule has 0 saturated carbocycles. The van der Waals surface area contributed by atoms with Crippen molar-refractivity contribution >= 4 is 17.4 Å². The summed E-state index contributed by atoms with van der Waals surface area (Å²) in [6, 6.07) is 13.0. The smallest absolute Gasteiger partial charge is 0.311 e. The van der Waals surface area contributed by atoms with E-state index in [1.54, 1.807) is 12.3 Å². The minimum Gasteiger partial charge on any atom is -0.347 e. The van der Waals surface area contributed by atoms with Gasteiger partial charge in [0.1, 0.15) is 0 Å². The standard InChI is InChI=1S/C19H22N4O3/c1-15(16-6-3-2-4-7-16)14-18(24)21-10-12-22(13-11-21)19-17(23(25)26)8-5-9-20-19/h2-9,15H,10-14H2,1H3. The van der Waals surface area contributed by atoms with Gasteiger partial charge < -0.3 is 9.80 Å². The summed E-state index contributed by atoms with van der Waals surface area (Å²) in [4.78, 5) is 31.2. The molecular formula is C19H22N4O3. The van der Waals surface area contributed by atoms with Gasteiger partial charge in [0.15, 0.2) is 0 Å². The number of carbonyl (C=O) groups excluding carboxylic acids is 1. The number of rotatable bonds is 5. The molecule has 3 rings (SSSR count). The number of carbonyl (C=O) groups is 1. The van der Waals surface area contributed by atoms with Crippen LogP contribution in [-0.4, -0.2) is 46.9 Å². The fourth-order valence-corrected chi connectivity index (χ4v) is 3.23. The third-order valence-electron chi connectivity index (χ3n) is 4.74. The summed E-state index contributed by atoms with van der Waals surface area (Å²) in [6.45, 7) is 4.25. The van der Waals surface area contributed by atoms with Gasteiger partial charge in [-0.2, -0.15) is 0 Å². The Kier molecular flexibility index (Phi) is 5.46. The molecule has 0 bridgehead atoms. The maximum atomic E-state index is 12.6. The number of anilines is 1. The third kappa shape index (κ3) is 3.99.